The number of aliphatic hydroxyl groups is 2. The summed E-state index contributed by atoms with van der Waals surface area (Å²) in [5.74, 6) is 0.0592. The zero-order valence-electron chi connectivity index (χ0n) is 8.73. The molecule has 0 aromatic carbocycles. The average molecular weight is 261 g/mol. The normalized spacial score (nSPS) is 32.9. The minimum Gasteiger partial charge on any atom is -0.395 e. The number of alkyl halides is 1. The lowest BCUT2D eigenvalue weighted by Gasteiger charge is -2.15. The number of halogens is 1. The van der Waals surface area contributed by atoms with E-state index in [2.05, 4.69) is 4.98 Å². The lowest BCUT2D eigenvalue weighted by molar-refractivity contribution is 0.0631. The van der Waals surface area contributed by atoms with Crippen LogP contribution < -0.4 is 11.4 Å². The van der Waals surface area contributed by atoms with Gasteiger partial charge in [0.25, 0.3) is 0 Å². The second-order valence-electron chi connectivity index (χ2n) is 3.72. The largest absolute Gasteiger partial charge is 0.395 e. The fourth-order valence-electron chi connectivity index (χ4n) is 1.70. The molecule has 0 unspecified atom stereocenters. The summed E-state index contributed by atoms with van der Waals surface area (Å²) >= 11 is 1.01. The Balaban J connectivity index is 2.32. The molecular formula is C9H12FN3O3S. The van der Waals surface area contributed by atoms with Crippen molar-refractivity contribution < 1.29 is 14.6 Å². The number of aromatic nitrogens is 2. The molecule has 0 saturated carbocycles. The van der Waals surface area contributed by atoms with E-state index in [1.807, 2.05) is 0 Å². The highest BCUT2D eigenvalue weighted by atomic mass is 32.2. The van der Waals surface area contributed by atoms with Crippen molar-refractivity contribution in [1.82, 2.24) is 9.55 Å². The van der Waals surface area contributed by atoms with Gasteiger partial charge in [-0.2, -0.15) is 4.98 Å². The van der Waals surface area contributed by atoms with E-state index in [1.54, 1.807) is 0 Å². The SMILES string of the molecule is Nc1ccn([C@@H]2S[C@H](CO)[C@@H](O)[C@H]2F)c(=O)n1. The topological polar surface area (TPSA) is 101 Å². The first-order valence-electron chi connectivity index (χ1n) is 4.97. The summed E-state index contributed by atoms with van der Waals surface area (Å²) in [7, 11) is 0. The minimum absolute atomic E-state index is 0.0592. The third-order valence-corrected chi connectivity index (χ3v) is 4.14. The van der Waals surface area contributed by atoms with E-state index in [-0.39, 0.29) is 12.4 Å². The number of aliphatic hydroxyl groups excluding tert-OH is 2. The van der Waals surface area contributed by atoms with E-state index in [0.29, 0.717) is 0 Å². The molecule has 1 aliphatic heterocycles. The minimum atomic E-state index is -1.62. The van der Waals surface area contributed by atoms with Crippen molar-refractivity contribution in [3.8, 4) is 0 Å². The summed E-state index contributed by atoms with van der Waals surface area (Å²) in [6.07, 6.45) is -1.58. The van der Waals surface area contributed by atoms with Gasteiger partial charge in [-0.25, -0.2) is 9.18 Å². The number of nitrogen functional groups attached to an aromatic ring is 1. The number of hydrogen-bond donors (Lipinski definition) is 3. The van der Waals surface area contributed by atoms with Gasteiger partial charge in [0.2, 0.25) is 0 Å². The summed E-state index contributed by atoms with van der Waals surface area (Å²) in [5.41, 5.74) is 4.66. The summed E-state index contributed by atoms with van der Waals surface area (Å²) in [6, 6.07) is 1.38. The molecule has 2 rings (SSSR count). The van der Waals surface area contributed by atoms with Gasteiger partial charge in [-0.3, -0.25) is 4.57 Å². The molecule has 0 aliphatic carbocycles. The van der Waals surface area contributed by atoms with Crippen LogP contribution in [0.1, 0.15) is 5.37 Å². The van der Waals surface area contributed by atoms with Gasteiger partial charge in [0, 0.05) is 6.20 Å². The van der Waals surface area contributed by atoms with Gasteiger partial charge in [0.05, 0.1) is 11.9 Å². The van der Waals surface area contributed by atoms with Gasteiger partial charge in [-0.1, -0.05) is 0 Å². The number of thioether (sulfide) groups is 1. The van der Waals surface area contributed by atoms with Crippen LogP contribution in [0.15, 0.2) is 17.1 Å². The van der Waals surface area contributed by atoms with Crippen LogP contribution in [0.5, 0.6) is 0 Å². The van der Waals surface area contributed by atoms with Crippen LogP contribution in [0, 0.1) is 0 Å². The monoisotopic (exact) mass is 261 g/mol. The smallest absolute Gasteiger partial charge is 0.350 e. The van der Waals surface area contributed by atoms with Crippen LogP contribution in [-0.2, 0) is 0 Å². The van der Waals surface area contributed by atoms with E-state index in [0.717, 1.165) is 16.3 Å². The Bertz CT molecular complexity index is 469. The number of rotatable bonds is 2. The van der Waals surface area contributed by atoms with Crippen molar-refractivity contribution in [2.75, 3.05) is 12.3 Å². The lowest BCUT2D eigenvalue weighted by Crippen LogP contribution is -2.33. The molecule has 94 valence electrons. The Morgan fingerprint density at radius 3 is 2.88 bits per heavy atom. The molecule has 1 aromatic heterocycles. The van der Waals surface area contributed by atoms with Crippen LogP contribution in [-0.4, -0.2) is 43.9 Å². The molecule has 0 bridgehead atoms. The van der Waals surface area contributed by atoms with Crippen molar-refractivity contribution in [1.29, 1.82) is 0 Å². The molecule has 4 atom stereocenters. The van der Waals surface area contributed by atoms with Gasteiger partial charge >= 0.3 is 5.69 Å². The molecule has 1 aromatic rings. The van der Waals surface area contributed by atoms with Crippen molar-refractivity contribution in [2.24, 2.45) is 0 Å². The third kappa shape index (κ3) is 2.15. The van der Waals surface area contributed by atoms with Gasteiger partial charge in [0.15, 0.2) is 6.17 Å². The van der Waals surface area contributed by atoms with Crippen LogP contribution >= 0.6 is 11.8 Å². The van der Waals surface area contributed by atoms with Gasteiger partial charge in [-0.05, 0) is 6.07 Å². The Morgan fingerprint density at radius 1 is 1.65 bits per heavy atom. The zero-order valence-corrected chi connectivity index (χ0v) is 9.55. The highest BCUT2D eigenvalue weighted by Gasteiger charge is 2.44. The fraction of sp³-hybridized carbons (Fsp3) is 0.556. The van der Waals surface area contributed by atoms with E-state index in [9.17, 15) is 14.3 Å². The second kappa shape index (κ2) is 4.63. The van der Waals surface area contributed by atoms with Crippen molar-refractivity contribution in [3.05, 3.63) is 22.7 Å². The van der Waals surface area contributed by atoms with Gasteiger partial charge < -0.3 is 15.9 Å². The second-order valence-corrected chi connectivity index (χ2v) is 5.09. The summed E-state index contributed by atoms with van der Waals surface area (Å²) < 4.78 is 14.9. The first-order chi connectivity index (χ1) is 8.04. The van der Waals surface area contributed by atoms with Crippen LogP contribution in [0.25, 0.3) is 0 Å². The first-order valence-corrected chi connectivity index (χ1v) is 5.92. The number of nitrogens with two attached hydrogens (primary N) is 1. The Labute approximate surface area is 100 Å². The summed E-state index contributed by atoms with van der Waals surface area (Å²) in [6.45, 7) is -0.347. The van der Waals surface area contributed by atoms with Crippen LogP contribution in [0.4, 0.5) is 10.2 Å². The number of nitrogens with zero attached hydrogens (tertiary/aromatic N) is 2. The molecule has 2 heterocycles. The molecule has 0 spiro atoms. The quantitative estimate of drug-likeness (QED) is 0.640. The fourth-order valence-corrected chi connectivity index (χ4v) is 3.06. The summed E-state index contributed by atoms with van der Waals surface area (Å²) in [5, 5.41) is 17.0. The number of hydrogen-bond acceptors (Lipinski definition) is 6. The Kier molecular flexibility index (Phi) is 3.36. The highest BCUT2D eigenvalue weighted by molar-refractivity contribution is 8.00. The predicted molar refractivity (Wildman–Crippen MR) is 61.3 cm³/mol. The maximum absolute atomic E-state index is 13.8. The Morgan fingerprint density at radius 2 is 2.35 bits per heavy atom. The van der Waals surface area contributed by atoms with Crippen molar-refractivity contribution in [3.63, 3.8) is 0 Å². The van der Waals surface area contributed by atoms with E-state index in [1.165, 1.54) is 12.3 Å². The molecule has 0 amide bonds. The highest BCUT2D eigenvalue weighted by Crippen LogP contribution is 2.42. The lowest BCUT2D eigenvalue weighted by atomic mass is 10.1. The van der Waals surface area contributed by atoms with E-state index in [4.69, 9.17) is 10.8 Å². The maximum Gasteiger partial charge on any atom is 0.350 e. The standard InChI is InChI=1S/C9H12FN3O3S/c10-6-7(15)4(3-14)17-8(6)13-2-1-5(11)12-9(13)16/h1-2,4,6-8,14-15H,3H2,(H2,11,12,16)/t4-,6-,7-,8-/m1/s1. The maximum atomic E-state index is 13.8. The molecule has 17 heavy (non-hydrogen) atoms. The Hall–Kier alpha value is -1.12. The molecule has 1 fully saturated rings. The molecular weight excluding hydrogens is 249 g/mol. The summed E-state index contributed by atoms with van der Waals surface area (Å²) in [4.78, 5) is 15.0. The molecule has 6 nitrogen and oxygen atoms in total. The predicted octanol–water partition coefficient (Wildman–Crippen LogP) is -0.869. The van der Waals surface area contributed by atoms with Crippen molar-refractivity contribution >= 4 is 17.6 Å². The third-order valence-electron chi connectivity index (χ3n) is 2.60. The van der Waals surface area contributed by atoms with E-state index < -0.39 is 28.6 Å². The molecule has 1 saturated heterocycles. The zero-order chi connectivity index (χ0) is 12.6. The van der Waals surface area contributed by atoms with E-state index >= 15 is 0 Å². The molecule has 0 radical (unpaired) electrons. The van der Waals surface area contributed by atoms with Crippen LogP contribution in [0.2, 0.25) is 0 Å². The van der Waals surface area contributed by atoms with Gasteiger partial charge in [0.1, 0.15) is 17.3 Å². The first kappa shape index (κ1) is 12.3. The molecule has 4 N–H and O–H groups in total. The molecule has 8 heteroatoms. The average Bonchev–Trinajstić information content (AvgIpc) is 2.57. The number of anilines is 1. The van der Waals surface area contributed by atoms with Crippen LogP contribution in [0.3, 0.4) is 0 Å². The van der Waals surface area contributed by atoms with Gasteiger partial charge in [-0.15, -0.1) is 11.8 Å². The van der Waals surface area contributed by atoms with Crippen molar-refractivity contribution in [2.45, 2.75) is 22.9 Å². The molecule has 1 aliphatic rings.